The van der Waals surface area contributed by atoms with Crippen LogP contribution < -0.4 is 5.32 Å². The summed E-state index contributed by atoms with van der Waals surface area (Å²) in [6, 6.07) is 8.00. The van der Waals surface area contributed by atoms with Crippen molar-refractivity contribution >= 4 is 11.7 Å². The second-order valence-electron chi connectivity index (χ2n) is 8.54. The highest BCUT2D eigenvalue weighted by atomic mass is 19.1. The first kappa shape index (κ1) is 20.9. The molecule has 0 unspecified atom stereocenters. The molecule has 4 aromatic rings. The van der Waals surface area contributed by atoms with Crippen LogP contribution in [0.1, 0.15) is 66.0 Å². The maximum atomic E-state index is 14.8. The third-order valence-electron chi connectivity index (χ3n) is 5.61. The van der Waals surface area contributed by atoms with E-state index in [1.165, 1.54) is 10.7 Å². The molecule has 1 N–H and O–H groups in total. The molecule has 9 nitrogen and oxygen atoms in total. The van der Waals surface area contributed by atoms with Crippen molar-refractivity contribution < 1.29 is 9.18 Å². The maximum Gasteiger partial charge on any atom is 0.259 e. The van der Waals surface area contributed by atoms with E-state index in [0.29, 0.717) is 28.8 Å². The third-order valence-corrected chi connectivity index (χ3v) is 5.61. The molecule has 0 spiro atoms. The highest BCUT2D eigenvalue weighted by molar-refractivity contribution is 6.04. The Kier molecular flexibility index (Phi) is 5.20. The number of nitrogens with zero attached hydrogens (tertiary/aromatic N) is 7. The van der Waals surface area contributed by atoms with Gasteiger partial charge in [-0.15, -0.1) is 5.10 Å². The largest absolute Gasteiger partial charge is 0.306 e. The minimum absolute atomic E-state index is 0.0743. The number of benzene rings is 1. The molecule has 1 amide bonds. The average Bonchev–Trinajstić information content (AvgIpc) is 3.31. The molecule has 168 valence electrons. The zero-order valence-corrected chi connectivity index (χ0v) is 18.5. The van der Waals surface area contributed by atoms with E-state index in [1.54, 1.807) is 37.5 Å². The number of pyridine rings is 1. The van der Waals surface area contributed by atoms with Gasteiger partial charge in [-0.2, -0.15) is 4.68 Å². The molecule has 1 aliphatic rings. The molecule has 1 fully saturated rings. The van der Waals surface area contributed by atoms with Crippen molar-refractivity contribution in [3.05, 3.63) is 71.3 Å². The molecular formula is C23H23FN8O. The van der Waals surface area contributed by atoms with Crippen molar-refractivity contribution in [3.63, 3.8) is 0 Å². The molecule has 33 heavy (non-hydrogen) atoms. The molecule has 0 atom stereocenters. The summed E-state index contributed by atoms with van der Waals surface area (Å²) in [6.45, 7) is 5.75. The number of hydrogen-bond acceptors (Lipinski definition) is 6. The molecule has 3 aromatic heterocycles. The van der Waals surface area contributed by atoms with Crippen molar-refractivity contribution in [1.82, 2.24) is 34.7 Å². The first-order valence-electron chi connectivity index (χ1n) is 10.8. The van der Waals surface area contributed by atoms with Gasteiger partial charge in [-0.3, -0.25) is 4.79 Å². The Morgan fingerprint density at radius 2 is 2.06 bits per heavy atom. The monoisotopic (exact) mass is 446 g/mol. The molecule has 0 radical (unpaired) electrons. The summed E-state index contributed by atoms with van der Waals surface area (Å²) in [7, 11) is 0. The number of halogens is 1. The number of amides is 1. The topological polar surface area (TPSA) is 103 Å². The van der Waals surface area contributed by atoms with Crippen LogP contribution in [0, 0.1) is 12.7 Å². The van der Waals surface area contributed by atoms with Crippen LogP contribution in [0.4, 0.5) is 10.2 Å². The Labute approximate surface area is 189 Å². The zero-order valence-electron chi connectivity index (χ0n) is 18.5. The molecule has 1 aromatic carbocycles. The van der Waals surface area contributed by atoms with Crippen LogP contribution in [0.25, 0.3) is 11.5 Å². The minimum Gasteiger partial charge on any atom is -0.306 e. The molecule has 3 heterocycles. The van der Waals surface area contributed by atoms with Crippen LogP contribution >= 0.6 is 0 Å². The van der Waals surface area contributed by atoms with Crippen molar-refractivity contribution in [3.8, 4) is 11.5 Å². The quantitative estimate of drug-likeness (QED) is 0.481. The predicted octanol–water partition coefficient (Wildman–Crippen LogP) is 3.94. The molecule has 1 saturated carbocycles. The number of aryl methyl sites for hydroxylation is 1. The summed E-state index contributed by atoms with van der Waals surface area (Å²) in [5.74, 6) is 0.761. The fraction of sp³-hybridized carbons (Fsp3) is 0.304. The Morgan fingerprint density at radius 3 is 2.82 bits per heavy atom. The van der Waals surface area contributed by atoms with Crippen LogP contribution in [0.5, 0.6) is 0 Å². The van der Waals surface area contributed by atoms with Gasteiger partial charge in [-0.05, 0) is 60.0 Å². The lowest BCUT2D eigenvalue weighted by Crippen LogP contribution is -2.16. The molecule has 0 bridgehead atoms. The van der Waals surface area contributed by atoms with E-state index in [1.807, 2.05) is 24.6 Å². The molecule has 10 heteroatoms. The summed E-state index contributed by atoms with van der Waals surface area (Å²) >= 11 is 0. The fourth-order valence-corrected chi connectivity index (χ4v) is 3.68. The lowest BCUT2D eigenvalue weighted by Gasteiger charge is -2.12. The van der Waals surface area contributed by atoms with Crippen LogP contribution in [-0.4, -0.2) is 40.6 Å². The Balaban J connectivity index is 1.42. The summed E-state index contributed by atoms with van der Waals surface area (Å²) in [5.41, 5.74) is 2.37. The summed E-state index contributed by atoms with van der Waals surface area (Å²) < 4.78 is 18.1. The number of carbonyl (C=O) groups excluding carboxylic acids is 1. The first-order valence-corrected chi connectivity index (χ1v) is 10.8. The van der Waals surface area contributed by atoms with E-state index in [-0.39, 0.29) is 17.3 Å². The maximum absolute atomic E-state index is 14.8. The Hall–Kier alpha value is -3.95. The number of hydrogen-bond donors (Lipinski definition) is 1. The highest BCUT2D eigenvalue weighted by Crippen LogP contribution is 2.39. The van der Waals surface area contributed by atoms with E-state index >= 15 is 0 Å². The number of rotatable bonds is 6. The predicted molar refractivity (Wildman–Crippen MR) is 119 cm³/mol. The van der Waals surface area contributed by atoms with E-state index < -0.39 is 11.7 Å². The van der Waals surface area contributed by atoms with E-state index in [0.717, 1.165) is 18.5 Å². The minimum atomic E-state index is -0.602. The van der Waals surface area contributed by atoms with E-state index in [9.17, 15) is 9.18 Å². The van der Waals surface area contributed by atoms with Gasteiger partial charge in [0.25, 0.3) is 5.91 Å². The molecule has 0 saturated heterocycles. The van der Waals surface area contributed by atoms with Gasteiger partial charge in [0.15, 0.2) is 11.6 Å². The van der Waals surface area contributed by atoms with Gasteiger partial charge in [0.2, 0.25) is 0 Å². The molecule has 1 aliphatic carbocycles. The van der Waals surface area contributed by atoms with Gasteiger partial charge >= 0.3 is 0 Å². The van der Waals surface area contributed by atoms with Crippen molar-refractivity contribution in [1.29, 1.82) is 0 Å². The number of tetrazole rings is 1. The zero-order chi connectivity index (χ0) is 23.1. The summed E-state index contributed by atoms with van der Waals surface area (Å²) in [6.07, 6.45) is 5.94. The van der Waals surface area contributed by atoms with Gasteiger partial charge in [0.1, 0.15) is 11.6 Å². The number of nitrogens with one attached hydrogen (secondary N) is 1. The first-order chi connectivity index (χ1) is 15.9. The number of imidazole rings is 1. The summed E-state index contributed by atoms with van der Waals surface area (Å²) in [4.78, 5) is 21.8. The highest BCUT2D eigenvalue weighted by Gasteiger charge is 2.26. The van der Waals surface area contributed by atoms with Gasteiger partial charge in [-0.25, -0.2) is 14.4 Å². The molecule has 5 rings (SSSR count). The van der Waals surface area contributed by atoms with Gasteiger partial charge in [0.05, 0.1) is 23.3 Å². The van der Waals surface area contributed by atoms with Crippen molar-refractivity contribution in [2.75, 3.05) is 5.32 Å². The van der Waals surface area contributed by atoms with Crippen LogP contribution in [0.2, 0.25) is 0 Å². The summed E-state index contributed by atoms with van der Waals surface area (Å²) in [5, 5.41) is 14.4. The van der Waals surface area contributed by atoms with Crippen molar-refractivity contribution in [2.24, 2.45) is 0 Å². The van der Waals surface area contributed by atoms with Crippen molar-refractivity contribution in [2.45, 2.75) is 45.4 Å². The Bertz CT molecular complexity index is 1340. The third kappa shape index (κ3) is 4.11. The lowest BCUT2D eigenvalue weighted by molar-refractivity contribution is 0.102. The SMILES string of the molecule is Cc1cc(F)c(C(=O)Nc2cccc(-n3nnnc3C(C)C)n2)cc1-n1cnc(C2CC2)c1. The lowest BCUT2D eigenvalue weighted by atomic mass is 10.1. The standard InChI is InChI=1S/C23H23FN8O/c1-13(2)22-28-29-30-32(22)21-6-4-5-20(26-21)27-23(33)16-10-19(14(3)9-17(16)24)31-11-18(25-12-31)15-7-8-15/h4-6,9-13,15H,7-8H2,1-3H3,(H,26,27,33). The second kappa shape index (κ2) is 8.19. The van der Waals surface area contributed by atoms with Gasteiger partial charge in [0, 0.05) is 18.0 Å². The number of anilines is 1. The number of carbonyl (C=O) groups is 1. The Morgan fingerprint density at radius 1 is 1.24 bits per heavy atom. The molecule has 0 aliphatic heterocycles. The van der Waals surface area contributed by atoms with Crippen LogP contribution in [0.3, 0.4) is 0 Å². The van der Waals surface area contributed by atoms with E-state index in [4.69, 9.17) is 0 Å². The van der Waals surface area contributed by atoms with Gasteiger partial charge < -0.3 is 9.88 Å². The van der Waals surface area contributed by atoms with Crippen LogP contribution in [0.15, 0.2) is 42.9 Å². The normalized spacial score (nSPS) is 13.5. The average molecular weight is 446 g/mol. The van der Waals surface area contributed by atoms with Crippen LogP contribution in [-0.2, 0) is 0 Å². The molecular weight excluding hydrogens is 423 g/mol. The van der Waals surface area contributed by atoms with E-state index in [2.05, 4.69) is 30.8 Å². The second-order valence-corrected chi connectivity index (χ2v) is 8.54. The fourth-order valence-electron chi connectivity index (χ4n) is 3.68. The van der Waals surface area contributed by atoms with Gasteiger partial charge in [-0.1, -0.05) is 19.9 Å². The smallest absolute Gasteiger partial charge is 0.259 e. The number of aromatic nitrogens is 7.